The second-order valence-electron chi connectivity index (χ2n) is 4.44. The zero-order valence-electron chi connectivity index (χ0n) is 11.6. The summed E-state index contributed by atoms with van der Waals surface area (Å²) in [5, 5.41) is 9.52. The van der Waals surface area contributed by atoms with Gasteiger partial charge in [-0.3, -0.25) is 4.79 Å². The van der Waals surface area contributed by atoms with Crippen LogP contribution >= 0.6 is 11.5 Å². The van der Waals surface area contributed by atoms with Gasteiger partial charge in [0.1, 0.15) is 22.1 Å². The minimum Gasteiger partial charge on any atom is -0.478 e. The van der Waals surface area contributed by atoms with Crippen LogP contribution in [0.15, 0.2) is 10.5 Å². The van der Waals surface area contributed by atoms with E-state index in [0.717, 1.165) is 11.5 Å². The molecule has 6 nitrogen and oxygen atoms in total. The summed E-state index contributed by atoms with van der Waals surface area (Å²) < 4.78 is 9.33. The number of anilines is 1. The third-order valence-corrected chi connectivity index (χ3v) is 3.96. The number of carbonyl (C=O) groups excluding carboxylic acids is 1. The van der Waals surface area contributed by atoms with Gasteiger partial charge in [-0.2, -0.15) is 4.37 Å². The van der Waals surface area contributed by atoms with Gasteiger partial charge in [-0.1, -0.05) is 0 Å². The summed E-state index contributed by atoms with van der Waals surface area (Å²) in [7, 11) is 1.53. The smallest absolute Gasteiger partial charge is 0.340 e. The number of hydrogen-bond donors (Lipinski definition) is 1. The van der Waals surface area contributed by atoms with E-state index in [2.05, 4.69) is 4.37 Å². The van der Waals surface area contributed by atoms with Gasteiger partial charge in [-0.25, -0.2) is 4.79 Å². The molecule has 20 heavy (non-hydrogen) atoms. The molecule has 0 fully saturated rings. The first-order valence-electron chi connectivity index (χ1n) is 5.87. The summed E-state index contributed by atoms with van der Waals surface area (Å²) in [6, 6.07) is 1.64. The molecule has 2 heterocycles. The molecule has 0 saturated heterocycles. The standard InChI is InChI=1S/C13H14N2O4S/c1-6-5-9(8(3)19-6)11(16)15(4)12-10(13(17)18)7(2)14-20-12/h5H,1-4H3,(H,17,18). The molecule has 0 bridgehead atoms. The van der Waals surface area contributed by atoms with Crippen molar-refractivity contribution < 1.29 is 19.1 Å². The summed E-state index contributed by atoms with van der Waals surface area (Å²) in [4.78, 5) is 25.0. The highest BCUT2D eigenvalue weighted by atomic mass is 32.1. The Balaban J connectivity index is 2.42. The van der Waals surface area contributed by atoms with Crippen molar-refractivity contribution in [2.75, 3.05) is 11.9 Å². The van der Waals surface area contributed by atoms with Gasteiger partial charge in [0.25, 0.3) is 5.91 Å². The minimum atomic E-state index is -1.09. The first-order chi connectivity index (χ1) is 9.32. The topological polar surface area (TPSA) is 83.6 Å². The average Bonchev–Trinajstić information content (AvgIpc) is 2.90. The Morgan fingerprint density at radius 1 is 1.35 bits per heavy atom. The van der Waals surface area contributed by atoms with Gasteiger partial charge in [0, 0.05) is 7.05 Å². The van der Waals surface area contributed by atoms with Gasteiger partial charge in [-0.05, 0) is 38.4 Å². The lowest BCUT2D eigenvalue weighted by molar-refractivity contribution is 0.0697. The van der Waals surface area contributed by atoms with E-state index >= 15 is 0 Å². The van der Waals surface area contributed by atoms with Gasteiger partial charge in [0.05, 0.1) is 11.3 Å². The molecule has 106 valence electrons. The van der Waals surface area contributed by atoms with Gasteiger partial charge < -0.3 is 14.4 Å². The number of nitrogens with zero attached hydrogens (tertiary/aromatic N) is 2. The molecule has 0 atom stereocenters. The van der Waals surface area contributed by atoms with E-state index in [-0.39, 0.29) is 11.5 Å². The monoisotopic (exact) mass is 294 g/mol. The molecule has 0 aliphatic carbocycles. The number of aromatic carboxylic acids is 1. The van der Waals surface area contributed by atoms with E-state index in [1.54, 1.807) is 26.8 Å². The van der Waals surface area contributed by atoms with E-state index in [9.17, 15) is 14.7 Å². The number of carbonyl (C=O) groups is 2. The molecule has 0 aliphatic heterocycles. The Bertz CT molecular complexity index is 687. The molecular formula is C13H14N2O4S. The van der Waals surface area contributed by atoms with E-state index in [1.807, 2.05) is 0 Å². The number of rotatable bonds is 3. The summed E-state index contributed by atoms with van der Waals surface area (Å²) in [5.74, 6) is -0.257. The fourth-order valence-electron chi connectivity index (χ4n) is 1.95. The lowest BCUT2D eigenvalue weighted by atomic mass is 10.2. The van der Waals surface area contributed by atoms with E-state index in [0.29, 0.717) is 27.8 Å². The molecule has 2 aromatic rings. The number of carboxylic acid groups (broad SMARTS) is 1. The Morgan fingerprint density at radius 3 is 2.50 bits per heavy atom. The third-order valence-electron chi connectivity index (χ3n) is 2.94. The quantitative estimate of drug-likeness (QED) is 0.940. The summed E-state index contributed by atoms with van der Waals surface area (Å²) in [6.07, 6.45) is 0. The van der Waals surface area contributed by atoms with Crippen LogP contribution in [0.2, 0.25) is 0 Å². The molecule has 0 unspecified atom stereocenters. The zero-order chi connectivity index (χ0) is 15.0. The normalized spacial score (nSPS) is 10.6. The van der Waals surface area contributed by atoms with Crippen LogP contribution in [-0.4, -0.2) is 28.4 Å². The summed E-state index contributed by atoms with van der Waals surface area (Å²) in [5.41, 5.74) is 0.883. The Hall–Kier alpha value is -2.15. The highest BCUT2D eigenvalue weighted by Crippen LogP contribution is 2.29. The molecule has 7 heteroatoms. The fraction of sp³-hybridized carbons (Fsp3) is 0.308. The summed E-state index contributed by atoms with van der Waals surface area (Å²) in [6.45, 7) is 5.06. The number of furan rings is 1. The van der Waals surface area contributed by atoms with Crippen LogP contribution in [0.5, 0.6) is 0 Å². The van der Waals surface area contributed by atoms with Crippen molar-refractivity contribution in [2.24, 2.45) is 0 Å². The van der Waals surface area contributed by atoms with Crippen molar-refractivity contribution in [1.29, 1.82) is 0 Å². The van der Waals surface area contributed by atoms with Crippen molar-refractivity contribution in [3.8, 4) is 0 Å². The number of carboxylic acids is 1. The molecule has 0 aliphatic rings. The third kappa shape index (κ3) is 2.32. The highest BCUT2D eigenvalue weighted by Gasteiger charge is 2.26. The Morgan fingerprint density at radius 2 is 2.00 bits per heavy atom. The Kier molecular flexibility index (Phi) is 3.63. The van der Waals surface area contributed by atoms with Crippen molar-refractivity contribution >= 4 is 28.4 Å². The molecule has 1 amide bonds. The largest absolute Gasteiger partial charge is 0.478 e. The van der Waals surface area contributed by atoms with Crippen molar-refractivity contribution in [3.63, 3.8) is 0 Å². The lowest BCUT2D eigenvalue weighted by Crippen LogP contribution is -2.27. The molecule has 2 aromatic heterocycles. The summed E-state index contributed by atoms with van der Waals surface area (Å²) >= 11 is 0.992. The van der Waals surface area contributed by atoms with Crippen LogP contribution in [0.25, 0.3) is 0 Å². The number of amides is 1. The molecule has 0 aromatic carbocycles. The number of aryl methyl sites for hydroxylation is 3. The maximum Gasteiger partial charge on any atom is 0.340 e. The first kappa shape index (κ1) is 14.3. The fourth-order valence-corrected chi connectivity index (χ4v) is 2.80. The minimum absolute atomic E-state index is 0.0590. The van der Waals surface area contributed by atoms with Gasteiger partial charge in [-0.15, -0.1) is 0 Å². The average molecular weight is 294 g/mol. The number of hydrogen-bond acceptors (Lipinski definition) is 5. The van der Waals surface area contributed by atoms with Crippen LogP contribution in [0, 0.1) is 20.8 Å². The van der Waals surface area contributed by atoms with E-state index in [1.165, 1.54) is 11.9 Å². The highest BCUT2D eigenvalue weighted by molar-refractivity contribution is 7.11. The maximum atomic E-state index is 12.4. The molecule has 1 N–H and O–H groups in total. The first-order valence-corrected chi connectivity index (χ1v) is 6.65. The predicted octanol–water partition coefficient (Wildman–Crippen LogP) is 2.64. The molecule has 0 spiro atoms. The van der Waals surface area contributed by atoms with Crippen molar-refractivity contribution in [1.82, 2.24) is 4.37 Å². The Labute approximate surface area is 119 Å². The second kappa shape index (κ2) is 5.09. The van der Waals surface area contributed by atoms with E-state index < -0.39 is 5.97 Å². The van der Waals surface area contributed by atoms with Crippen LogP contribution < -0.4 is 4.90 Å². The van der Waals surface area contributed by atoms with Crippen LogP contribution in [0.1, 0.15) is 37.9 Å². The van der Waals surface area contributed by atoms with Crippen LogP contribution in [-0.2, 0) is 0 Å². The van der Waals surface area contributed by atoms with Crippen LogP contribution in [0.4, 0.5) is 5.00 Å². The predicted molar refractivity (Wildman–Crippen MR) is 74.7 cm³/mol. The zero-order valence-corrected chi connectivity index (χ0v) is 12.4. The van der Waals surface area contributed by atoms with E-state index in [4.69, 9.17) is 4.42 Å². The van der Waals surface area contributed by atoms with Crippen molar-refractivity contribution in [3.05, 3.63) is 34.4 Å². The molecular weight excluding hydrogens is 280 g/mol. The van der Waals surface area contributed by atoms with Crippen LogP contribution in [0.3, 0.4) is 0 Å². The van der Waals surface area contributed by atoms with Gasteiger partial charge in [0.15, 0.2) is 0 Å². The second-order valence-corrected chi connectivity index (χ2v) is 5.20. The SMILES string of the molecule is Cc1cc(C(=O)N(C)c2snc(C)c2C(=O)O)c(C)o1. The number of aromatic nitrogens is 1. The molecule has 2 rings (SSSR count). The molecule has 0 saturated carbocycles. The maximum absolute atomic E-state index is 12.4. The van der Waals surface area contributed by atoms with Crippen molar-refractivity contribution in [2.45, 2.75) is 20.8 Å². The lowest BCUT2D eigenvalue weighted by Gasteiger charge is -2.15. The van der Waals surface area contributed by atoms with Gasteiger partial charge >= 0.3 is 5.97 Å². The van der Waals surface area contributed by atoms with Gasteiger partial charge in [0.2, 0.25) is 0 Å². The molecule has 0 radical (unpaired) electrons.